The van der Waals surface area contributed by atoms with Crippen LogP contribution in [-0.2, 0) is 0 Å². The molecule has 2 aromatic rings. The number of ether oxygens (including phenoxy) is 1. The Labute approximate surface area is 124 Å². The SMILES string of the molecule is COc1ccccc1C(=O)N(CCC#N)c1ccccc1. The zero-order chi connectivity index (χ0) is 15.1. The minimum absolute atomic E-state index is 0.172. The van der Waals surface area contributed by atoms with Gasteiger partial charge in [-0.1, -0.05) is 30.3 Å². The highest BCUT2D eigenvalue weighted by molar-refractivity contribution is 6.07. The molecule has 0 aliphatic heterocycles. The Bertz CT molecular complexity index is 647. The average molecular weight is 280 g/mol. The minimum Gasteiger partial charge on any atom is -0.496 e. The van der Waals surface area contributed by atoms with Gasteiger partial charge in [-0.2, -0.15) is 5.26 Å². The topological polar surface area (TPSA) is 53.3 Å². The molecule has 0 atom stereocenters. The highest BCUT2D eigenvalue weighted by Crippen LogP contribution is 2.23. The first-order chi connectivity index (χ1) is 10.3. The third-order valence-corrected chi connectivity index (χ3v) is 3.10. The first-order valence-corrected chi connectivity index (χ1v) is 6.65. The van der Waals surface area contributed by atoms with Crippen LogP contribution in [0.1, 0.15) is 16.8 Å². The molecular weight excluding hydrogens is 264 g/mol. The van der Waals surface area contributed by atoms with Crippen molar-refractivity contribution in [3.8, 4) is 11.8 Å². The maximum absolute atomic E-state index is 12.8. The highest BCUT2D eigenvalue weighted by atomic mass is 16.5. The molecule has 21 heavy (non-hydrogen) atoms. The molecule has 1 amide bonds. The van der Waals surface area contributed by atoms with E-state index in [0.29, 0.717) is 17.9 Å². The number of anilines is 1. The molecule has 0 bridgehead atoms. The average Bonchev–Trinajstić information content (AvgIpc) is 2.56. The van der Waals surface area contributed by atoms with Crippen LogP contribution >= 0.6 is 0 Å². The van der Waals surface area contributed by atoms with Crippen molar-refractivity contribution in [2.75, 3.05) is 18.6 Å². The predicted molar refractivity (Wildman–Crippen MR) is 81.3 cm³/mol. The van der Waals surface area contributed by atoms with E-state index in [1.165, 1.54) is 7.11 Å². The number of nitriles is 1. The second-order valence-corrected chi connectivity index (χ2v) is 4.40. The number of carbonyl (C=O) groups excluding carboxylic acids is 1. The summed E-state index contributed by atoms with van der Waals surface area (Å²) in [5, 5.41) is 8.80. The van der Waals surface area contributed by atoms with E-state index in [1.807, 2.05) is 36.4 Å². The summed E-state index contributed by atoms with van der Waals surface area (Å²) < 4.78 is 5.24. The fourth-order valence-corrected chi connectivity index (χ4v) is 2.08. The van der Waals surface area contributed by atoms with Gasteiger partial charge in [-0.25, -0.2) is 0 Å². The maximum Gasteiger partial charge on any atom is 0.262 e. The van der Waals surface area contributed by atoms with Crippen molar-refractivity contribution in [3.63, 3.8) is 0 Å². The fourth-order valence-electron chi connectivity index (χ4n) is 2.08. The smallest absolute Gasteiger partial charge is 0.262 e. The van der Waals surface area contributed by atoms with Gasteiger partial charge in [0, 0.05) is 12.2 Å². The Morgan fingerprint density at radius 3 is 2.48 bits per heavy atom. The van der Waals surface area contributed by atoms with Gasteiger partial charge in [0.05, 0.1) is 25.2 Å². The van der Waals surface area contributed by atoms with Crippen LogP contribution in [0.25, 0.3) is 0 Å². The molecule has 0 heterocycles. The van der Waals surface area contributed by atoms with Crippen molar-refractivity contribution in [2.24, 2.45) is 0 Å². The molecule has 4 nitrogen and oxygen atoms in total. The zero-order valence-electron chi connectivity index (χ0n) is 11.8. The van der Waals surface area contributed by atoms with E-state index in [2.05, 4.69) is 6.07 Å². The molecule has 0 saturated carbocycles. The van der Waals surface area contributed by atoms with E-state index in [-0.39, 0.29) is 12.3 Å². The summed E-state index contributed by atoms with van der Waals surface area (Å²) in [6, 6.07) is 18.5. The molecule has 0 saturated heterocycles. The number of nitrogens with zero attached hydrogens (tertiary/aromatic N) is 2. The normalized spacial score (nSPS) is 9.71. The van der Waals surface area contributed by atoms with Gasteiger partial charge in [0.25, 0.3) is 5.91 Å². The Morgan fingerprint density at radius 1 is 1.14 bits per heavy atom. The lowest BCUT2D eigenvalue weighted by Gasteiger charge is -2.22. The van der Waals surface area contributed by atoms with Gasteiger partial charge in [0.15, 0.2) is 0 Å². The second-order valence-electron chi connectivity index (χ2n) is 4.40. The van der Waals surface area contributed by atoms with Crippen molar-refractivity contribution < 1.29 is 9.53 Å². The van der Waals surface area contributed by atoms with Gasteiger partial charge < -0.3 is 9.64 Å². The van der Waals surface area contributed by atoms with Crippen molar-refractivity contribution in [1.29, 1.82) is 5.26 Å². The van der Waals surface area contributed by atoms with Crippen LogP contribution in [0, 0.1) is 11.3 Å². The van der Waals surface area contributed by atoms with E-state index < -0.39 is 0 Å². The molecule has 0 unspecified atom stereocenters. The summed E-state index contributed by atoms with van der Waals surface area (Å²) in [6.45, 7) is 0.345. The minimum atomic E-state index is -0.172. The van der Waals surface area contributed by atoms with Crippen LogP contribution in [-0.4, -0.2) is 19.6 Å². The molecule has 2 rings (SSSR count). The van der Waals surface area contributed by atoms with E-state index in [4.69, 9.17) is 10.00 Å². The third-order valence-electron chi connectivity index (χ3n) is 3.10. The molecule has 0 N–H and O–H groups in total. The summed E-state index contributed by atoms with van der Waals surface area (Å²) in [5.41, 5.74) is 1.26. The van der Waals surface area contributed by atoms with E-state index in [0.717, 1.165) is 5.69 Å². The molecule has 0 spiro atoms. The number of para-hydroxylation sites is 2. The molecule has 0 fully saturated rings. The summed E-state index contributed by atoms with van der Waals surface area (Å²) in [5.74, 6) is 0.356. The number of carbonyl (C=O) groups is 1. The first-order valence-electron chi connectivity index (χ1n) is 6.65. The lowest BCUT2D eigenvalue weighted by atomic mass is 10.1. The molecule has 106 valence electrons. The fraction of sp³-hybridized carbons (Fsp3) is 0.176. The van der Waals surface area contributed by atoms with Crippen LogP contribution < -0.4 is 9.64 Å². The van der Waals surface area contributed by atoms with E-state index >= 15 is 0 Å². The van der Waals surface area contributed by atoms with Crippen molar-refractivity contribution in [1.82, 2.24) is 0 Å². The van der Waals surface area contributed by atoms with Gasteiger partial charge in [-0.15, -0.1) is 0 Å². The molecule has 0 aromatic heterocycles. The number of methoxy groups -OCH3 is 1. The largest absolute Gasteiger partial charge is 0.496 e. The highest BCUT2D eigenvalue weighted by Gasteiger charge is 2.20. The standard InChI is InChI=1S/C17H16N2O2/c1-21-16-11-6-5-10-15(16)17(20)19(13-7-12-18)14-8-3-2-4-9-14/h2-6,8-11H,7,13H2,1H3. The van der Waals surface area contributed by atoms with Gasteiger partial charge in [-0.05, 0) is 24.3 Å². The molecular formula is C17H16N2O2. The zero-order valence-corrected chi connectivity index (χ0v) is 11.8. The number of hydrogen-bond donors (Lipinski definition) is 0. The number of amides is 1. The van der Waals surface area contributed by atoms with Gasteiger partial charge >= 0.3 is 0 Å². The van der Waals surface area contributed by atoms with Gasteiger partial charge in [0.2, 0.25) is 0 Å². The first kappa shape index (κ1) is 14.6. The summed E-state index contributed by atoms with van der Waals surface area (Å²) in [4.78, 5) is 14.4. The maximum atomic E-state index is 12.8. The Hall–Kier alpha value is -2.80. The van der Waals surface area contributed by atoms with E-state index in [1.54, 1.807) is 23.1 Å². The lowest BCUT2D eigenvalue weighted by molar-refractivity contribution is 0.0984. The Kier molecular flexibility index (Phi) is 4.94. The predicted octanol–water partition coefficient (Wildman–Crippen LogP) is 3.26. The van der Waals surface area contributed by atoms with Crippen molar-refractivity contribution in [2.45, 2.75) is 6.42 Å². The van der Waals surface area contributed by atoms with Crippen LogP contribution in [0.3, 0.4) is 0 Å². The van der Waals surface area contributed by atoms with Crippen LogP contribution in [0.15, 0.2) is 54.6 Å². The van der Waals surface area contributed by atoms with Crippen LogP contribution in [0.4, 0.5) is 5.69 Å². The van der Waals surface area contributed by atoms with E-state index in [9.17, 15) is 4.79 Å². The molecule has 2 aromatic carbocycles. The molecule has 0 aliphatic rings. The quantitative estimate of drug-likeness (QED) is 0.844. The van der Waals surface area contributed by atoms with Gasteiger partial charge in [0.1, 0.15) is 5.75 Å². The number of hydrogen-bond acceptors (Lipinski definition) is 3. The molecule has 0 radical (unpaired) electrons. The lowest BCUT2D eigenvalue weighted by Crippen LogP contribution is -2.32. The third kappa shape index (κ3) is 3.40. The summed E-state index contributed by atoms with van der Waals surface area (Å²) in [6.07, 6.45) is 0.274. The molecule has 4 heteroatoms. The van der Waals surface area contributed by atoms with Gasteiger partial charge in [-0.3, -0.25) is 4.79 Å². The van der Waals surface area contributed by atoms with Crippen molar-refractivity contribution in [3.05, 3.63) is 60.2 Å². The Morgan fingerprint density at radius 2 is 1.81 bits per heavy atom. The number of rotatable bonds is 5. The summed E-state index contributed by atoms with van der Waals surface area (Å²) in [7, 11) is 1.54. The number of benzene rings is 2. The monoisotopic (exact) mass is 280 g/mol. The van der Waals surface area contributed by atoms with Crippen LogP contribution in [0.5, 0.6) is 5.75 Å². The summed E-state index contributed by atoms with van der Waals surface area (Å²) >= 11 is 0. The van der Waals surface area contributed by atoms with Crippen LogP contribution in [0.2, 0.25) is 0 Å². The molecule has 0 aliphatic carbocycles. The second kappa shape index (κ2) is 7.11. The van der Waals surface area contributed by atoms with Crippen molar-refractivity contribution >= 4 is 11.6 Å². The Balaban J connectivity index is 2.37.